The Kier molecular flexibility index (Phi) is 5.14. The van der Waals surface area contributed by atoms with E-state index in [1.54, 1.807) is 7.11 Å². The van der Waals surface area contributed by atoms with Gasteiger partial charge in [0.2, 0.25) is 5.91 Å². The SMILES string of the molecule is BN1CCc2cc3c(c(Br)c2C(C)C1)N(CCOC)C(=O)CC3. The van der Waals surface area contributed by atoms with Crippen LogP contribution in [0.4, 0.5) is 5.69 Å². The van der Waals surface area contributed by atoms with Crippen molar-refractivity contribution in [1.29, 1.82) is 0 Å². The number of carbonyl (C=O) groups is 1. The van der Waals surface area contributed by atoms with Crippen molar-refractivity contribution in [2.75, 3.05) is 38.3 Å². The Labute approximate surface area is 147 Å². The number of ether oxygens (including phenoxy) is 1. The molecule has 0 spiro atoms. The lowest BCUT2D eigenvalue weighted by atomic mass is 9.89. The Hall–Kier alpha value is -0.845. The van der Waals surface area contributed by atoms with Crippen LogP contribution in [0.15, 0.2) is 10.5 Å². The fourth-order valence-electron chi connectivity index (χ4n) is 3.87. The molecule has 0 aromatic heterocycles. The normalized spacial score (nSPS) is 21.8. The average molecular weight is 379 g/mol. The van der Waals surface area contributed by atoms with Gasteiger partial charge >= 0.3 is 0 Å². The number of hydrogen-bond donors (Lipinski definition) is 0. The minimum atomic E-state index is 0.202. The number of hydrogen-bond acceptors (Lipinski definition) is 3. The maximum atomic E-state index is 12.4. The largest absolute Gasteiger partial charge is 0.383 e. The third kappa shape index (κ3) is 3.21. The molecule has 0 saturated heterocycles. The van der Waals surface area contributed by atoms with E-state index < -0.39 is 0 Å². The molecule has 1 amide bonds. The van der Waals surface area contributed by atoms with Crippen molar-refractivity contribution in [3.05, 3.63) is 27.2 Å². The molecular weight excluding hydrogens is 355 g/mol. The average Bonchev–Trinajstić information content (AvgIpc) is 2.65. The van der Waals surface area contributed by atoms with Crippen molar-refractivity contribution in [2.45, 2.75) is 32.1 Å². The number of anilines is 1. The summed E-state index contributed by atoms with van der Waals surface area (Å²) < 4.78 is 6.32. The van der Waals surface area contributed by atoms with Crippen molar-refractivity contribution >= 4 is 35.5 Å². The number of rotatable bonds is 3. The molecular formula is C17H24BBrN2O2. The molecule has 124 valence electrons. The molecule has 1 aromatic rings. The smallest absolute Gasteiger partial charge is 0.227 e. The number of halogens is 1. The number of fused-ring (bicyclic) bond motifs is 2. The van der Waals surface area contributed by atoms with Crippen molar-refractivity contribution in [2.24, 2.45) is 0 Å². The number of methoxy groups -OCH3 is 1. The predicted octanol–water partition coefficient (Wildman–Crippen LogP) is 1.88. The van der Waals surface area contributed by atoms with Gasteiger partial charge in [0.05, 0.1) is 12.3 Å². The third-order valence-electron chi connectivity index (χ3n) is 4.98. The highest BCUT2D eigenvalue weighted by atomic mass is 79.9. The van der Waals surface area contributed by atoms with Crippen molar-refractivity contribution in [1.82, 2.24) is 4.81 Å². The second-order valence-electron chi connectivity index (χ2n) is 6.72. The van der Waals surface area contributed by atoms with Crippen LogP contribution < -0.4 is 4.90 Å². The summed E-state index contributed by atoms with van der Waals surface area (Å²) in [4.78, 5) is 16.7. The summed E-state index contributed by atoms with van der Waals surface area (Å²) in [5.41, 5.74) is 5.19. The summed E-state index contributed by atoms with van der Waals surface area (Å²) >= 11 is 3.85. The lowest BCUT2D eigenvalue weighted by Crippen LogP contribution is -2.38. The fourth-order valence-corrected chi connectivity index (χ4v) is 4.98. The first-order chi connectivity index (χ1) is 11.0. The van der Waals surface area contributed by atoms with E-state index in [0.717, 1.165) is 36.1 Å². The molecule has 2 heterocycles. The zero-order valence-electron chi connectivity index (χ0n) is 14.2. The van der Waals surface area contributed by atoms with Crippen molar-refractivity contribution in [3.63, 3.8) is 0 Å². The second-order valence-corrected chi connectivity index (χ2v) is 7.52. The molecule has 23 heavy (non-hydrogen) atoms. The van der Waals surface area contributed by atoms with Gasteiger partial charge in [0.1, 0.15) is 0 Å². The Balaban J connectivity index is 2.09. The number of aryl methyl sites for hydroxylation is 1. The highest BCUT2D eigenvalue weighted by molar-refractivity contribution is 9.10. The standard InChI is InChI=1S/C17H24BBrN2O2/c1-11-10-20(18)6-5-12-9-13-3-4-14(22)21(7-8-23-2)17(13)16(19)15(11)12/h9,11H,3-8,10,18H2,1-2H3. The van der Waals surface area contributed by atoms with Crippen LogP contribution in [-0.4, -0.2) is 52.1 Å². The summed E-state index contributed by atoms with van der Waals surface area (Å²) in [5, 5.41) is 0. The molecule has 0 saturated carbocycles. The summed E-state index contributed by atoms with van der Waals surface area (Å²) in [5.74, 6) is 0.659. The molecule has 2 aliphatic rings. The molecule has 2 aliphatic heterocycles. The van der Waals surface area contributed by atoms with Crippen LogP contribution in [0.2, 0.25) is 0 Å². The van der Waals surface area contributed by atoms with Crippen LogP contribution in [0.5, 0.6) is 0 Å². The zero-order chi connectivity index (χ0) is 16.6. The third-order valence-corrected chi connectivity index (χ3v) is 5.79. The van der Waals surface area contributed by atoms with E-state index in [2.05, 4.69) is 41.7 Å². The van der Waals surface area contributed by atoms with Crippen LogP contribution in [0.3, 0.4) is 0 Å². The molecule has 3 rings (SSSR count). The Bertz CT molecular complexity index is 623. The molecule has 1 aromatic carbocycles. The van der Waals surface area contributed by atoms with Gasteiger partial charge in [-0.05, 0) is 64.5 Å². The van der Waals surface area contributed by atoms with Crippen LogP contribution >= 0.6 is 15.9 Å². The van der Waals surface area contributed by atoms with E-state index in [1.807, 2.05) is 4.90 Å². The van der Waals surface area contributed by atoms with Gasteiger partial charge in [0.15, 0.2) is 7.98 Å². The molecule has 4 nitrogen and oxygen atoms in total. The lowest BCUT2D eigenvalue weighted by Gasteiger charge is -2.33. The van der Waals surface area contributed by atoms with Gasteiger partial charge in [0, 0.05) is 24.5 Å². The van der Waals surface area contributed by atoms with Crippen LogP contribution in [0.1, 0.15) is 36.0 Å². The Morgan fingerprint density at radius 3 is 2.87 bits per heavy atom. The second kappa shape index (κ2) is 6.95. The summed E-state index contributed by atoms with van der Waals surface area (Å²) in [6, 6.07) is 2.34. The van der Waals surface area contributed by atoms with Crippen LogP contribution in [-0.2, 0) is 22.4 Å². The minimum absolute atomic E-state index is 0.202. The maximum Gasteiger partial charge on any atom is 0.227 e. The zero-order valence-corrected chi connectivity index (χ0v) is 15.8. The van der Waals surface area contributed by atoms with E-state index in [-0.39, 0.29) is 5.91 Å². The minimum Gasteiger partial charge on any atom is -0.383 e. The first-order valence-electron chi connectivity index (χ1n) is 8.35. The van der Waals surface area contributed by atoms with Gasteiger partial charge in [-0.3, -0.25) is 4.79 Å². The number of benzene rings is 1. The lowest BCUT2D eigenvalue weighted by molar-refractivity contribution is -0.119. The van der Waals surface area contributed by atoms with Gasteiger partial charge in [-0.1, -0.05) is 13.0 Å². The molecule has 0 radical (unpaired) electrons. The molecule has 0 aliphatic carbocycles. The number of carbonyl (C=O) groups excluding carboxylic acids is 1. The van der Waals surface area contributed by atoms with Gasteiger partial charge in [-0.25, -0.2) is 0 Å². The van der Waals surface area contributed by atoms with E-state index >= 15 is 0 Å². The van der Waals surface area contributed by atoms with E-state index in [0.29, 0.717) is 25.5 Å². The van der Waals surface area contributed by atoms with Gasteiger partial charge in [0.25, 0.3) is 0 Å². The van der Waals surface area contributed by atoms with Crippen molar-refractivity contribution in [3.8, 4) is 0 Å². The quantitative estimate of drug-likeness (QED) is 0.753. The van der Waals surface area contributed by atoms with Gasteiger partial charge in [-0.2, -0.15) is 0 Å². The van der Waals surface area contributed by atoms with Crippen LogP contribution in [0, 0.1) is 0 Å². The van der Waals surface area contributed by atoms with Crippen molar-refractivity contribution < 1.29 is 9.53 Å². The molecule has 1 atom stereocenters. The Morgan fingerprint density at radius 2 is 2.13 bits per heavy atom. The predicted molar refractivity (Wildman–Crippen MR) is 98.9 cm³/mol. The number of amides is 1. The number of nitrogens with zero attached hydrogens (tertiary/aromatic N) is 2. The van der Waals surface area contributed by atoms with E-state index in [9.17, 15) is 4.79 Å². The van der Waals surface area contributed by atoms with Crippen LogP contribution in [0.25, 0.3) is 0 Å². The highest BCUT2D eigenvalue weighted by Crippen LogP contribution is 2.43. The highest BCUT2D eigenvalue weighted by Gasteiger charge is 2.31. The maximum absolute atomic E-state index is 12.4. The summed E-state index contributed by atoms with van der Waals surface area (Å²) in [7, 11) is 3.87. The van der Waals surface area contributed by atoms with E-state index in [4.69, 9.17) is 4.74 Å². The first-order valence-corrected chi connectivity index (χ1v) is 9.14. The van der Waals surface area contributed by atoms with Gasteiger partial charge in [-0.15, -0.1) is 0 Å². The first kappa shape index (κ1) is 17.0. The van der Waals surface area contributed by atoms with Gasteiger partial charge < -0.3 is 14.4 Å². The topological polar surface area (TPSA) is 32.8 Å². The van der Waals surface area contributed by atoms with E-state index in [1.165, 1.54) is 16.7 Å². The molecule has 1 unspecified atom stereocenters. The molecule has 6 heteroatoms. The molecule has 0 bridgehead atoms. The fraction of sp³-hybridized carbons (Fsp3) is 0.588. The summed E-state index contributed by atoms with van der Waals surface area (Å²) in [6.07, 6.45) is 2.51. The summed E-state index contributed by atoms with van der Waals surface area (Å²) in [6.45, 7) is 5.61. The molecule has 0 N–H and O–H groups in total. The monoisotopic (exact) mass is 378 g/mol. The Morgan fingerprint density at radius 1 is 1.35 bits per heavy atom. The molecule has 0 fully saturated rings.